The Balaban J connectivity index is 0. The van der Waals surface area contributed by atoms with Crippen molar-refractivity contribution in [2.24, 2.45) is 5.73 Å². The Morgan fingerprint density at radius 3 is 2.36 bits per heavy atom. The van der Waals surface area contributed by atoms with Crippen LogP contribution in [0.1, 0.15) is 5.56 Å². The van der Waals surface area contributed by atoms with Crippen molar-refractivity contribution >= 4 is 24.8 Å². The summed E-state index contributed by atoms with van der Waals surface area (Å²) < 4.78 is 0. The zero-order chi connectivity index (χ0) is 8.65. The Morgan fingerprint density at radius 2 is 1.79 bits per heavy atom. The molecule has 0 spiro atoms. The van der Waals surface area contributed by atoms with Gasteiger partial charge in [-0.15, -0.1) is 24.8 Å². The van der Waals surface area contributed by atoms with Gasteiger partial charge >= 0.3 is 0 Å². The predicted molar refractivity (Wildman–Crippen MR) is 62.8 cm³/mol. The molecule has 0 saturated heterocycles. The van der Waals surface area contributed by atoms with Crippen molar-refractivity contribution in [1.29, 1.82) is 0 Å². The van der Waals surface area contributed by atoms with Crippen LogP contribution in [0.5, 0.6) is 0 Å². The number of nitrogens with two attached hydrogens (primary N) is 1. The molecule has 0 bridgehead atoms. The van der Waals surface area contributed by atoms with Gasteiger partial charge in [0.15, 0.2) is 0 Å². The van der Waals surface area contributed by atoms with Crippen molar-refractivity contribution in [3.8, 4) is 0 Å². The molecule has 0 heterocycles. The van der Waals surface area contributed by atoms with Gasteiger partial charge < -0.3 is 5.73 Å². The van der Waals surface area contributed by atoms with Gasteiger partial charge in [0, 0.05) is 13.1 Å². The quantitative estimate of drug-likeness (QED) is 0.604. The molecule has 3 nitrogen and oxygen atoms in total. The summed E-state index contributed by atoms with van der Waals surface area (Å²) in [5.74, 6) is 0. The Hall–Kier alpha value is -0.320. The lowest BCUT2D eigenvalue weighted by Crippen LogP contribution is -2.22. The highest BCUT2D eigenvalue weighted by molar-refractivity contribution is 5.85. The minimum Gasteiger partial charge on any atom is -0.329 e. The molecule has 0 atom stereocenters. The highest BCUT2D eigenvalue weighted by Crippen LogP contribution is 1.98. The van der Waals surface area contributed by atoms with Gasteiger partial charge in [0.1, 0.15) is 0 Å². The van der Waals surface area contributed by atoms with Crippen molar-refractivity contribution < 1.29 is 4.84 Å². The van der Waals surface area contributed by atoms with E-state index in [2.05, 4.69) is 5.48 Å². The molecule has 0 aliphatic heterocycles. The molecular formula is C9H16Cl2N2O. The summed E-state index contributed by atoms with van der Waals surface area (Å²) in [5.41, 5.74) is 9.18. The molecule has 0 aliphatic rings. The van der Waals surface area contributed by atoms with Crippen LogP contribution in [-0.2, 0) is 11.4 Å². The minimum atomic E-state index is 0. The number of nitrogens with one attached hydrogen (secondary N) is 1. The maximum Gasteiger partial charge on any atom is 0.0933 e. The third-order valence-corrected chi connectivity index (χ3v) is 1.43. The van der Waals surface area contributed by atoms with Crippen LogP contribution in [0.3, 0.4) is 0 Å². The molecule has 1 aromatic rings. The minimum absolute atomic E-state index is 0. The lowest BCUT2D eigenvalue weighted by atomic mass is 10.2. The second-order valence-corrected chi connectivity index (χ2v) is 2.46. The summed E-state index contributed by atoms with van der Waals surface area (Å²) >= 11 is 0. The number of rotatable bonds is 5. The first-order valence-electron chi connectivity index (χ1n) is 4.02. The lowest BCUT2D eigenvalue weighted by Gasteiger charge is -2.03. The Bertz CT molecular complexity index is 209. The van der Waals surface area contributed by atoms with E-state index in [1.54, 1.807) is 0 Å². The Morgan fingerprint density at radius 1 is 1.14 bits per heavy atom. The smallest absolute Gasteiger partial charge is 0.0933 e. The average molecular weight is 239 g/mol. The number of hydroxylamine groups is 1. The number of hydrogen-bond acceptors (Lipinski definition) is 3. The maximum absolute atomic E-state index is 5.27. The van der Waals surface area contributed by atoms with E-state index >= 15 is 0 Å². The molecule has 82 valence electrons. The maximum atomic E-state index is 5.27. The van der Waals surface area contributed by atoms with Crippen LogP contribution in [0.15, 0.2) is 30.3 Å². The second-order valence-electron chi connectivity index (χ2n) is 2.46. The van der Waals surface area contributed by atoms with E-state index in [0.717, 1.165) is 5.56 Å². The Labute approximate surface area is 96.8 Å². The fourth-order valence-corrected chi connectivity index (χ4v) is 0.840. The van der Waals surface area contributed by atoms with E-state index in [1.165, 1.54) is 0 Å². The van der Waals surface area contributed by atoms with E-state index in [-0.39, 0.29) is 24.8 Å². The molecule has 0 radical (unpaired) electrons. The van der Waals surface area contributed by atoms with Gasteiger partial charge in [-0.25, -0.2) is 5.48 Å². The average Bonchev–Trinajstić information content (AvgIpc) is 2.14. The van der Waals surface area contributed by atoms with Crippen molar-refractivity contribution in [3.05, 3.63) is 35.9 Å². The zero-order valence-corrected chi connectivity index (χ0v) is 9.44. The van der Waals surface area contributed by atoms with E-state index in [1.807, 2.05) is 30.3 Å². The van der Waals surface area contributed by atoms with Gasteiger partial charge in [0.05, 0.1) is 6.61 Å². The summed E-state index contributed by atoms with van der Waals surface area (Å²) in [4.78, 5) is 5.13. The highest BCUT2D eigenvalue weighted by atomic mass is 35.5. The highest BCUT2D eigenvalue weighted by Gasteiger charge is 1.89. The van der Waals surface area contributed by atoms with E-state index in [0.29, 0.717) is 19.7 Å². The van der Waals surface area contributed by atoms with Gasteiger partial charge in [0.2, 0.25) is 0 Å². The third kappa shape index (κ3) is 7.12. The molecule has 0 unspecified atom stereocenters. The van der Waals surface area contributed by atoms with Gasteiger partial charge in [-0.1, -0.05) is 30.3 Å². The SMILES string of the molecule is Cl.Cl.NCCNOCc1ccccc1. The first-order chi connectivity index (χ1) is 5.93. The first kappa shape index (κ1) is 16.1. The standard InChI is InChI=1S/C9H14N2O.2ClH/c10-6-7-11-12-8-9-4-2-1-3-5-9;;/h1-5,11H,6-8,10H2;2*1H. The van der Waals surface area contributed by atoms with Gasteiger partial charge in [-0.3, -0.25) is 4.84 Å². The van der Waals surface area contributed by atoms with Crippen LogP contribution >= 0.6 is 24.8 Å². The largest absolute Gasteiger partial charge is 0.329 e. The van der Waals surface area contributed by atoms with Crippen LogP contribution < -0.4 is 11.2 Å². The molecule has 3 N–H and O–H groups in total. The Kier molecular flexibility index (Phi) is 12.4. The lowest BCUT2D eigenvalue weighted by molar-refractivity contribution is 0.0300. The topological polar surface area (TPSA) is 47.3 Å². The van der Waals surface area contributed by atoms with Crippen molar-refractivity contribution in [1.82, 2.24) is 5.48 Å². The monoisotopic (exact) mass is 238 g/mol. The first-order valence-corrected chi connectivity index (χ1v) is 4.02. The van der Waals surface area contributed by atoms with E-state index < -0.39 is 0 Å². The molecule has 0 aromatic heterocycles. The summed E-state index contributed by atoms with van der Waals surface area (Å²) in [5, 5.41) is 0. The molecule has 14 heavy (non-hydrogen) atoms. The summed E-state index contributed by atoms with van der Waals surface area (Å²) in [6.07, 6.45) is 0. The van der Waals surface area contributed by atoms with Crippen LogP contribution in [0, 0.1) is 0 Å². The number of halogens is 2. The number of hydrogen-bond donors (Lipinski definition) is 2. The van der Waals surface area contributed by atoms with Crippen molar-refractivity contribution in [2.75, 3.05) is 13.1 Å². The summed E-state index contributed by atoms with van der Waals surface area (Å²) in [6.45, 7) is 1.86. The van der Waals surface area contributed by atoms with Crippen LogP contribution in [-0.4, -0.2) is 13.1 Å². The second kappa shape index (κ2) is 10.8. The van der Waals surface area contributed by atoms with Crippen molar-refractivity contribution in [3.63, 3.8) is 0 Å². The van der Waals surface area contributed by atoms with Crippen LogP contribution in [0.25, 0.3) is 0 Å². The summed E-state index contributed by atoms with van der Waals surface area (Å²) in [7, 11) is 0. The van der Waals surface area contributed by atoms with Crippen LogP contribution in [0.2, 0.25) is 0 Å². The summed E-state index contributed by atoms with van der Waals surface area (Å²) in [6, 6.07) is 9.99. The van der Waals surface area contributed by atoms with Crippen molar-refractivity contribution in [2.45, 2.75) is 6.61 Å². The molecule has 5 heteroatoms. The fraction of sp³-hybridized carbons (Fsp3) is 0.333. The zero-order valence-electron chi connectivity index (χ0n) is 7.81. The predicted octanol–water partition coefficient (Wildman–Crippen LogP) is 1.51. The van der Waals surface area contributed by atoms with E-state index in [9.17, 15) is 0 Å². The molecule has 0 amide bonds. The molecule has 0 fully saturated rings. The third-order valence-electron chi connectivity index (χ3n) is 1.43. The van der Waals surface area contributed by atoms with Gasteiger partial charge in [-0.05, 0) is 5.56 Å². The fourth-order valence-electron chi connectivity index (χ4n) is 0.840. The number of benzene rings is 1. The van der Waals surface area contributed by atoms with Gasteiger partial charge in [-0.2, -0.15) is 0 Å². The normalized spacial score (nSPS) is 8.64. The molecule has 1 aromatic carbocycles. The van der Waals surface area contributed by atoms with E-state index in [4.69, 9.17) is 10.6 Å². The van der Waals surface area contributed by atoms with Crippen LogP contribution in [0.4, 0.5) is 0 Å². The van der Waals surface area contributed by atoms with Gasteiger partial charge in [0.25, 0.3) is 0 Å². The molecular weight excluding hydrogens is 223 g/mol. The molecule has 0 saturated carbocycles. The molecule has 0 aliphatic carbocycles. The molecule has 1 rings (SSSR count).